The number of rotatable bonds is 9. The molecule has 0 aromatic carbocycles. The standard InChI is InChI=1S/C13H30N2/c1-6-10-15(9-4)12-13(5,7-2)11-14-8-3/h14H,6-12H2,1-5H3. The largest absolute Gasteiger partial charge is 0.316 e. The molecule has 0 heterocycles. The second-order valence-corrected chi connectivity index (χ2v) is 4.81. The van der Waals surface area contributed by atoms with E-state index in [4.69, 9.17) is 0 Å². The number of hydrogen-bond acceptors (Lipinski definition) is 2. The van der Waals surface area contributed by atoms with Crippen molar-refractivity contribution in [2.24, 2.45) is 5.41 Å². The van der Waals surface area contributed by atoms with Crippen LogP contribution in [0.15, 0.2) is 0 Å². The van der Waals surface area contributed by atoms with Crippen LogP contribution >= 0.6 is 0 Å². The van der Waals surface area contributed by atoms with Gasteiger partial charge in [-0.2, -0.15) is 0 Å². The first kappa shape index (κ1) is 14.9. The summed E-state index contributed by atoms with van der Waals surface area (Å²) >= 11 is 0. The molecule has 0 aliphatic rings. The van der Waals surface area contributed by atoms with Crippen molar-refractivity contribution in [2.75, 3.05) is 32.7 Å². The Balaban J connectivity index is 4.12. The number of nitrogens with zero attached hydrogens (tertiary/aromatic N) is 1. The van der Waals surface area contributed by atoms with Crippen molar-refractivity contribution in [3.05, 3.63) is 0 Å². The van der Waals surface area contributed by atoms with E-state index in [0.717, 1.165) is 13.1 Å². The summed E-state index contributed by atoms with van der Waals surface area (Å²) in [6.07, 6.45) is 2.51. The maximum atomic E-state index is 3.48. The zero-order valence-electron chi connectivity index (χ0n) is 11.4. The Morgan fingerprint density at radius 3 is 2.20 bits per heavy atom. The topological polar surface area (TPSA) is 15.3 Å². The summed E-state index contributed by atoms with van der Waals surface area (Å²) in [5, 5.41) is 3.48. The predicted molar refractivity (Wildman–Crippen MR) is 69.3 cm³/mol. The number of nitrogens with one attached hydrogen (secondary N) is 1. The van der Waals surface area contributed by atoms with Gasteiger partial charge < -0.3 is 10.2 Å². The molecule has 0 radical (unpaired) electrons. The van der Waals surface area contributed by atoms with Crippen molar-refractivity contribution in [1.29, 1.82) is 0 Å². The van der Waals surface area contributed by atoms with E-state index in [1.165, 1.54) is 32.5 Å². The molecule has 0 rings (SSSR count). The summed E-state index contributed by atoms with van der Waals surface area (Å²) in [7, 11) is 0. The van der Waals surface area contributed by atoms with Crippen molar-refractivity contribution in [3.8, 4) is 0 Å². The lowest BCUT2D eigenvalue weighted by Gasteiger charge is -2.34. The molecule has 1 N–H and O–H groups in total. The van der Waals surface area contributed by atoms with Crippen LogP contribution in [0.4, 0.5) is 0 Å². The fraction of sp³-hybridized carbons (Fsp3) is 1.00. The average molecular weight is 214 g/mol. The van der Waals surface area contributed by atoms with Crippen molar-refractivity contribution in [1.82, 2.24) is 10.2 Å². The Hall–Kier alpha value is -0.0800. The van der Waals surface area contributed by atoms with Gasteiger partial charge in [-0.15, -0.1) is 0 Å². The van der Waals surface area contributed by atoms with Gasteiger partial charge in [0.15, 0.2) is 0 Å². The lowest BCUT2D eigenvalue weighted by Crippen LogP contribution is -2.42. The van der Waals surface area contributed by atoms with Crippen LogP contribution in [0.3, 0.4) is 0 Å². The van der Waals surface area contributed by atoms with Gasteiger partial charge in [-0.05, 0) is 37.9 Å². The molecule has 92 valence electrons. The van der Waals surface area contributed by atoms with Crippen LogP contribution in [-0.2, 0) is 0 Å². The molecule has 0 aliphatic heterocycles. The Labute approximate surface area is 96.4 Å². The highest BCUT2D eigenvalue weighted by molar-refractivity contribution is 4.79. The van der Waals surface area contributed by atoms with E-state index in [9.17, 15) is 0 Å². The highest BCUT2D eigenvalue weighted by Crippen LogP contribution is 2.21. The predicted octanol–water partition coefficient (Wildman–Crippen LogP) is 2.74. The summed E-state index contributed by atoms with van der Waals surface area (Å²) in [6.45, 7) is 17.3. The molecule has 0 spiro atoms. The van der Waals surface area contributed by atoms with Crippen LogP contribution in [0.1, 0.15) is 47.5 Å². The van der Waals surface area contributed by atoms with Gasteiger partial charge >= 0.3 is 0 Å². The van der Waals surface area contributed by atoms with Crippen molar-refractivity contribution in [3.63, 3.8) is 0 Å². The van der Waals surface area contributed by atoms with Gasteiger partial charge in [0.1, 0.15) is 0 Å². The van der Waals surface area contributed by atoms with E-state index in [2.05, 4.69) is 44.8 Å². The highest BCUT2D eigenvalue weighted by Gasteiger charge is 2.23. The third-order valence-corrected chi connectivity index (χ3v) is 3.25. The van der Waals surface area contributed by atoms with Gasteiger partial charge in [0.05, 0.1) is 0 Å². The van der Waals surface area contributed by atoms with Crippen LogP contribution in [-0.4, -0.2) is 37.6 Å². The van der Waals surface area contributed by atoms with Crippen molar-refractivity contribution < 1.29 is 0 Å². The van der Waals surface area contributed by atoms with Gasteiger partial charge in [0.25, 0.3) is 0 Å². The SMILES string of the molecule is CCCN(CC)CC(C)(CC)CNCC. The first-order valence-corrected chi connectivity index (χ1v) is 6.54. The van der Waals surface area contributed by atoms with E-state index >= 15 is 0 Å². The third kappa shape index (κ3) is 6.16. The molecule has 15 heavy (non-hydrogen) atoms. The highest BCUT2D eigenvalue weighted by atomic mass is 15.1. The van der Waals surface area contributed by atoms with E-state index in [0.29, 0.717) is 5.41 Å². The van der Waals surface area contributed by atoms with Crippen LogP contribution in [0, 0.1) is 5.41 Å². The Kier molecular flexibility index (Phi) is 8.07. The lowest BCUT2D eigenvalue weighted by atomic mass is 9.86. The van der Waals surface area contributed by atoms with Crippen LogP contribution < -0.4 is 5.32 Å². The first-order chi connectivity index (χ1) is 7.11. The minimum absolute atomic E-state index is 0.432. The molecule has 1 atom stereocenters. The maximum Gasteiger partial charge on any atom is 0.00473 e. The van der Waals surface area contributed by atoms with E-state index in [1.807, 2.05) is 0 Å². The van der Waals surface area contributed by atoms with E-state index < -0.39 is 0 Å². The quantitative estimate of drug-likeness (QED) is 0.635. The monoisotopic (exact) mass is 214 g/mol. The molecule has 0 fully saturated rings. The summed E-state index contributed by atoms with van der Waals surface area (Å²) in [4.78, 5) is 2.57. The summed E-state index contributed by atoms with van der Waals surface area (Å²) < 4.78 is 0. The molecule has 0 amide bonds. The van der Waals surface area contributed by atoms with Gasteiger partial charge in [-0.3, -0.25) is 0 Å². The number of hydrogen-bond donors (Lipinski definition) is 1. The average Bonchev–Trinajstić information content (AvgIpc) is 2.26. The summed E-state index contributed by atoms with van der Waals surface area (Å²) in [5.74, 6) is 0. The zero-order chi connectivity index (χ0) is 11.7. The lowest BCUT2D eigenvalue weighted by molar-refractivity contribution is 0.161. The van der Waals surface area contributed by atoms with Crippen LogP contribution in [0.5, 0.6) is 0 Å². The van der Waals surface area contributed by atoms with Gasteiger partial charge in [-0.25, -0.2) is 0 Å². The molecule has 0 aromatic rings. The molecule has 0 aromatic heterocycles. The molecular formula is C13H30N2. The minimum atomic E-state index is 0.432. The Morgan fingerprint density at radius 1 is 1.13 bits per heavy atom. The fourth-order valence-corrected chi connectivity index (χ4v) is 1.92. The maximum absolute atomic E-state index is 3.48. The van der Waals surface area contributed by atoms with Gasteiger partial charge in [0.2, 0.25) is 0 Å². The van der Waals surface area contributed by atoms with Crippen LogP contribution in [0.25, 0.3) is 0 Å². The fourth-order valence-electron chi connectivity index (χ4n) is 1.92. The molecule has 2 nitrogen and oxygen atoms in total. The van der Waals surface area contributed by atoms with Gasteiger partial charge in [0, 0.05) is 13.1 Å². The minimum Gasteiger partial charge on any atom is -0.316 e. The van der Waals surface area contributed by atoms with E-state index in [1.54, 1.807) is 0 Å². The Morgan fingerprint density at radius 2 is 1.80 bits per heavy atom. The summed E-state index contributed by atoms with van der Waals surface area (Å²) in [5.41, 5.74) is 0.432. The summed E-state index contributed by atoms with van der Waals surface area (Å²) in [6, 6.07) is 0. The molecule has 0 bridgehead atoms. The normalized spacial score (nSPS) is 15.6. The second kappa shape index (κ2) is 8.12. The van der Waals surface area contributed by atoms with E-state index in [-0.39, 0.29) is 0 Å². The van der Waals surface area contributed by atoms with Crippen molar-refractivity contribution >= 4 is 0 Å². The van der Waals surface area contributed by atoms with Crippen LogP contribution in [0.2, 0.25) is 0 Å². The second-order valence-electron chi connectivity index (χ2n) is 4.81. The molecule has 2 heteroatoms. The third-order valence-electron chi connectivity index (χ3n) is 3.25. The molecule has 1 unspecified atom stereocenters. The zero-order valence-corrected chi connectivity index (χ0v) is 11.4. The first-order valence-electron chi connectivity index (χ1n) is 6.54. The van der Waals surface area contributed by atoms with Gasteiger partial charge in [-0.1, -0.05) is 34.6 Å². The van der Waals surface area contributed by atoms with Crippen molar-refractivity contribution in [2.45, 2.75) is 47.5 Å². The molecular weight excluding hydrogens is 184 g/mol. The Bertz CT molecular complexity index is 147. The molecule has 0 saturated heterocycles. The molecule has 0 aliphatic carbocycles. The molecule has 0 saturated carbocycles. The smallest absolute Gasteiger partial charge is 0.00473 e.